The fourth-order valence-electron chi connectivity index (χ4n) is 3.43. The maximum atomic E-state index is 12.0. The molecule has 2 aromatic rings. The SMILES string of the molecule is CCOC(=O)C(C)(C)Oc1c(C)cccc1C.CSc1ccc(C(=O)[C@@H]2CCNC2)cc1. The van der Waals surface area contributed by atoms with E-state index in [-0.39, 0.29) is 17.7 Å². The number of nitrogens with one attached hydrogen (secondary N) is 1. The average Bonchev–Trinajstić information content (AvgIpc) is 3.31. The van der Waals surface area contributed by atoms with Gasteiger partial charge in [0.2, 0.25) is 0 Å². The third-order valence-corrected chi connectivity index (χ3v) is 6.08. The van der Waals surface area contributed by atoms with E-state index in [1.807, 2.05) is 62.6 Å². The van der Waals surface area contributed by atoms with Crippen LogP contribution in [0.4, 0.5) is 0 Å². The van der Waals surface area contributed by atoms with Crippen LogP contribution in [0.2, 0.25) is 0 Å². The van der Waals surface area contributed by atoms with Gasteiger partial charge in [0, 0.05) is 22.9 Å². The van der Waals surface area contributed by atoms with Crippen LogP contribution in [0.1, 0.15) is 48.7 Å². The van der Waals surface area contributed by atoms with Crippen molar-refractivity contribution >= 4 is 23.5 Å². The summed E-state index contributed by atoms with van der Waals surface area (Å²) in [5.41, 5.74) is 1.92. The highest BCUT2D eigenvalue weighted by Gasteiger charge is 2.32. The Hall–Kier alpha value is -2.31. The molecule has 0 aromatic heterocycles. The van der Waals surface area contributed by atoms with Crippen LogP contribution < -0.4 is 10.1 Å². The molecule has 5 nitrogen and oxygen atoms in total. The lowest BCUT2D eigenvalue weighted by atomic mass is 9.97. The highest BCUT2D eigenvalue weighted by molar-refractivity contribution is 7.98. The van der Waals surface area contributed by atoms with Gasteiger partial charge in [-0.05, 0) is 77.1 Å². The summed E-state index contributed by atoms with van der Waals surface area (Å²) in [5, 5.41) is 3.22. The third kappa shape index (κ3) is 7.10. The first-order valence-corrected chi connectivity index (χ1v) is 12.2. The molecule has 1 N–H and O–H groups in total. The minimum atomic E-state index is -0.965. The largest absolute Gasteiger partial charge is 0.476 e. The molecular formula is C26H35NO4S. The average molecular weight is 458 g/mol. The summed E-state index contributed by atoms with van der Waals surface area (Å²) in [5.74, 6) is 0.881. The van der Waals surface area contributed by atoms with Gasteiger partial charge in [-0.3, -0.25) is 4.79 Å². The van der Waals surface area contributed by atoms with E-state index in [0.717, 1.165) is 42.0 Å². The lowest BCUT2D eigenvalue weighted by Crippen LogP contribution is -2.40. The van der Waals surface area contributed by atoms with Crippen molar-refractivity contribution in [2.75, 3.05) is 26.0 Å². The van der Waals surface area contributed by atoms with E-state index in [0.29, 0.717) is 6.61 Å². The number of para-hydroxylation sites is 1. The van der Waals surface area contributed by atoms with Crippen LogP contribution in [-0.2, 0) is 9.53 Å². The van der Waals surface area contributed by atoms with Crippen LogP contribution in [0.15, 0.2) is 47.4 Å². The molecule has 0 amide bonds. The van der Waals surface area contributed by atoms with Crippen molar-refractivity contribution in [1.29, 1.82) is 0 Å². The minimum absolute atomic E-state index is 0.185. The number of rotatable bonds is 7. The van der Waals surface area contributed by atoms with Gasteiger partial charge in [-0.25, -0.2) is 4.79 Å². The van der Waals surface area contributed by atoms with E-state index in [4.69, 9.17) is 9.47 Å². The van der Waals surface area contributed by atoms with Crippen LogP contribution >= 0.6 is 11.8 Å². The second-order valence-electron chi connectivity index (χ2n) is 8.34. The number of hydrogen-bond acceptors (Lipinski definition) is 6. The molecule has 0 spiro atoms. The maximum absolute atomic E-state index is 12.0. The highest BCUT2D eigenvalue weighted by atomic mass is 32.2. The molecule has 1 atom stereocenters. The van der Waals surface area contributed by atoms with Gasteiger partial charge in [0.15, 0.2) is 11.4 Å². The summed E-state index contributed by atoms with van der Waals surface area (Å²) in [6, 6.07) is 13.8. The highest BCUT2D eigenvalue weighted by Crippen LogP contribution is 2.27. The molecule has 32 heavy (non-hydrogen) atoms. The van der Waals surface area contributed by atoms with E-state index in [2.05, 4.69) is 5.32 Å². The Morgan fingerprint density at radius 2 is 1.72 bits per heavy atom. The summed E-state index contributed by atoms with van der Waals surface area (Å²) in [7, 11) is 0. The van der Waals surface area contributed by atoms with Crippen LogP contribution in [-0.4, -0.2) is 43.3 Å². The molecule has 1 aliphatic rings. The first kappa shape index (κ1) is 25.9. The molecule has 6 heteroatoms. The Bertz CT molecular complexity index is 882. The molecule has 2 aromatic carbocycles. The summed E-state index contributed by atoms with van der Waals surface area (Å²) in [6.07, 6.45) is 3.01. The molecule has 174 valence electrons. The molecule has 0 unspecified atom stereocenters. The first-order chi connectivity index (χ1) is 15.2. The Kier molecular flexibility index (Phi) is 9.79. The third-order valence-electron chi connectivity index (χ3n) is 5.34. The second-order valence-corrected chi connectivity index (χ2v) is 9.22. The fraction of sp³-hybridized carbons (Fsp3) is 0.462. The van der Waals surface area contributed by atoms with Crippen molar-refractivity contribution in [2.45, 2.75) is 51.5 Å². The van der Waals surface area contributed by atoms with Crippen molar-refractivity contribution < 1.29 is 19.1 Å². The lowest BCUT2D eigenvalue weighted by Gasteiger charge is -2.26. The van der Waals surface area contributed by atoms with Gasteiger partial charge in [-0.1, -0.05) is 30.3 Å². The monoisotopic (exact) mass is 457 g/mol. The molecule has 0 aliphatic carbocycles. The molecule has 1 aliphatic heterocycles. The summed E-state index contributed by atoms with van der Waals surface area (Å²) < 4.78 is 10.8. The zero-order valence-electron chi connectivity index (χ0n) is 20.0. The molecule has 1 fully saturated rings. The smallest absolute Gasteiger partial charge is 0.349 e. The van der Waals surface area contributed by atoms with Gasteiger partial charge >= 0.3 is 5.97 Å². The van der Waals surface area contributed by atoms with Crippen LogP contribution in [0.25, 0.3) is 0 Å². The van der Waals surface area contributed by atoms with Crippen LogP contribution in [0.3, 0.4) is 0 Å². The normalized spacial score (nSPS) is 15.5. The van der Waals surface area contributed by atoms with E-state index in [1.54, 1.807) is 32.5 Å². The Labute approximate surface area is 196 Å². The van der Waals surface area contributed by atoms with Gasteiger partial charge in [-0.2, -0.15) is 0 Å². The Morgan fingerprint density at radius 1 is 1.09 bits per heavy atom. The number of thioether (sulfide) groups is 1. The van der Waals surface area contributed by atoms with E-state index < -0.39 is 5.60 Å². The van der Waals surface area contributed by atoms with Crippen molar-refractivity contribution in [1.82, 2.24) is 5.32 Å². The molecule has 3 rings (SSSR count). The molecule has 1 saturated heterocycles. The standard InChI is InChI=1S/C14H20O3.C12H15NOS/c1-6-16-13(15)14(4,5)17-12-10(2)8-7-9-11(12)3;1-15-11-4-2-9(3-5-11)12(14)10-6-7-13-8-10/h7-9H,6H2,1-5H3;2-5,10,13H,6-8H2,1H3/t;10-/m.1/s1. The summed E-state index contributed by atoms with van der Waals surface area (Å²) in [4.78, 5) is 24.9. The molecule has 0 bridgehead atoms. The second kappa shape index (κ2) is 12.1. The van der Waals surface area contributed by atoms with Crippen LogP contribution in [0, 0.1) is 19.8 Å². The number of esters is 1. The van der Waals surface area contributed by atoms with Crippen molar-refractivity contribution in [3.8, 4) is 5.75 Å². The topological polar surface area (TPSA) is 64.6 Å². The minimum Gasteiger partial charge on any atom is -0.476 e. The molecule has 0 saturated carbocycles. The van der Waals surface area contributed by atoms with E-state index in [9.17, 15) is 9.59 Å². The maximum Gasteiger partial charge on any atom is 0.349 e. The summed E-state index contributed by atoms with van der Waals surface area (Å²) >= 11 is 1.70. The lowest BCUT2D eigenvalue weighted by molar-refractivity contribution is -0.158. The van der Waals surface area contributed by atoms with Gasteiger partial charge < -0.3 is 14.8 Å². The molecule has 1 heterocycles. The number of aryl methyl sites for hydroxylation is 2. The van der Waals surface area contributed by atoms with Gasteiger partial charge in [-0.15, -0.1) is 11.8 Å². The van der Waals surface area contributed by atoms with E-state index in [1.165, 1.54) is 4.90 Å². The number of ether oxygens (including phenoxy) is 2. The Balaban J connectivity index is 0.000000228. The zero-order valence-corrected chi connectivity index (χ0v) is 20.8. The quantitative estimate of drug-likeness (QED) is 0.349. The van der Waals surface area contributed by atoms with Gasteiger partial charge in [0.05, 0.1) is 6.61 Å². The Morgan fingerprint density at radius 3 is 2.22 bits per heavy atom. The molecular weight excluding hydrogens is 422 g/mol. The fourth-order valence-corrected chi connectivity index (χ4v) is 3.84. The number of ketones is 1. The predicted molar refractivity (Wildman–Crippen MR) is 131 cm³/mol. The van der Waals surface area contributed by atoms with Crippen molar-refractivity contribution in [3.05, 3.63) is 59.2 Å². The van der Waals surface area contributed by atoms with E-state index >= 15 is 0 Å². The van der Waals surface area contributed by atoms with Crippen molar-refractivity contribution in [2.24, 2.45) is 5.92 Å². The number of benzene rings is 2. The first-order valence-electron chi connectivity index (χ1n) is 11.0. The predicted octanol–water partition coefficient (Wildman–Crippen LogP) is 5.22. The summed E-state index contributed by atoms with van der Waals surface area (Å²) in [6.45, 7) is 11.3. The molecule has 0 radical (unpaired) electrons. The van der Waals surface area contributed by atoms with Crippen LogP contribution in [0.5, 0.6) is 5.75 Å². The van der Waals surface area contributed by atoms with Crippen molar-refractivity contribution in [3.63, 3.8) is 0 Å². The number of carbonyl (C=O) groups is 2. The zero-order chi connectivity index (χ0) is 23.7. The van der Waals surface area contributed by atoms with Gasteiger partial charge in [0.25, 0.3) is 0 Å². The number of carbonyl (C=O) groups excluding carboxylic acids is 2. The number of hydrogen-bond donors (Lipinski definition) is 1. The number of Topliss-reactive ketones (excluding diaryl/α,β-unsaturated/α-hetero) is 1. The van der Waals surface area contributed by atoms with Gasteiger partial charge in [0.1, 0.15) is 5.75 Å².